The Morgan fingerprint density at radius 1 is 1.35 bits per heavy atom. The largest absolute Gasteiger partial charge is 0.497 e. The topological polar surface area (TPSA) is 38.3 Å². The van der Waals surface area contributed by atoms with Crippen LogP contribution in [0.2, 0.25) is 0 Å². The molecule has 0 aliphatic carbocycles. The second kappa shape index (κ2) is 6.98. The lowest BCUT2D eigenvalue weighted by atomic mass is 9.96. The van der Waals surface area contributed by atoms with Gasteiger partial charge in [-0.3, -0.25) is 0 Å². The Labute approximate surface area is 115 Å². The minimum Gasteiger partial charge on any atom is -0.497 e. The molecule has 1 rings (SSSR count). The van der Waals surface area contributed by atoms with Crippen LogP contribution in [0.3, 0.4) is 0 Å². The van der Waals surface area contributed by atoms with Gasteiger partial charge in [-0.15, -0.1) is 6.58 Å². The van der Waals surface area contributed by atoms with E-state index in [1.165, 1.54) is 25.3 Å². The van der Waals surface area contributed by atoms with Crippen molar-refractivity contribution < 1.29 is 22.7 Å². The molecule has 0 saturated heterocycles. The third-order valence-corrected chi connectivity index (χ3v) is 2.81. The number of alkyl halides is 3. The van der Waals surface area contributed by atoms with E-state index in [2.05, 4.69) is 11.9 Å². The minimum absolute atomic E-state index is 0.0448. The van der Waals surface area contributed by atoms with Crippen LogP contribution >= 0.6 is 0 Å². The van der Waals surface area contributed by atoms with Gasteiger partial charge in [-0.2, -0.15) is 13.2 Å². The Morgan fingerprint density at radius 3 is 2.35 bits per heavy atom. The summed E-state index contributed by atoms with van der Waals surface area (Å²) in [6.07, 6.45) is -2.98. The molecule has 1 aromatic carbocycles. The number of anilines is 1. The number of ether oxygens (including phenoxy) is 1. The molecule has 0 aromatic heterocycles. The van der Waals surface area contributed by atoms with Crippen LogP contribution in [0.4, 0.5) is 18.9 Å². The van der Waals surface area contributed by atoms with E-state index in [4.69, 9.17) is 4.74 Å². The standard InChI is InChI=1S/C14H16F3NO2/c1-3-4-10(9-19)13(14(15,16)17)18-11-5-7-12(20-2)8-6-11/h3,5-10,13,18H,1,4H2,2H3/t10-,13-/m0/s1. The van der Waals surface area contributed by atoms with Gasteiger partial charge in [-0.1, -0.05) is 6.08 Å². The molecule has 0 radical (unpaired) electrons. The van der Waals surface area contributed by atoms with Crippen LogP contribution in [0.15, 0.2) is 36.9 Å². The minimum atomic E-state index is -4.53. The number of hydrogen-bond donors (Lipinski definition) is 1. The average Bonchev–Trinajstić information content (AvgIpc) is 2.42. The number of halogens is 3. The van der Waals surface area contributed by atoms with Gasteiger partial charge in [0.2, 0.25) is 0 Å². The average molecular weight is 287 g/mol. The molecule has 0 amide bonds. The van der Waals surface area contributed by atoms with Crippen molar-refractivity contribution in [3.8, 4) is 5.75 Å². The highest BCUT2D eigenvalue weighted by atomic mass is 19.4. The zero-order chi connectivity index (χ0) is 15.2. The first-order valence-corrected chi connectivity index (χ1v) is 5.96. The summed E-state index contributed by atoms with van der Waals surface area (Å²) >= 11 is 0. The summed E-state index contributed by atoms with van der Waals surface area (Å²) in [6, 6.07) is 4.06. The van der Waals surface area contributed by atoms with E-state index >= 15 is 0 Å². The molecule has 110 valence electrons. The highest BCUT2D eigenvalue weighted by Crippen LogP contribution is 2.30. The number of methoxy groups -OCH3 is 1. The summed E-state index contributed by atoms with van der Waals surface area (Å²) < 4.78 is 44.0. The quantitative estimate of drug-likeness (QED) is 0.617. The van der Waals surface area contributed by atoms with Crippen LogP contribution in [-0.2, 0) is 4.79 Å². The van der Waals surface area contributed by atoms with Gasteiger partial charge in [-0.05, 0) is 30.7 Å². The second-order valence-corrected chi connectivity index (χ2v) is 4.22. The molecule has 0 saturated carbocycles. The van der Waals surface area contributed by atoms with E-state index in [1.807, 2.05) is 0 Å². The van der Waals surface area contributed by atoms with Crippen LogP contribution in [0, 0.1) is 5.92 Å². The lowest BCUT2D eigenvalue weighted by Gasteiger charge is -2.26. The Hall–Kier alpha value is -1.98. The summed E-state index contributed by atoms with van der Waals surface area (Å²) in [7, 11) is 1.47. The lowest BCUT2D eigenvalue weighted by molar-refractivity contribution is -0.156. The predicted octanol–water partition coefficient (Wildman–Crippen LogP) is 3.43. The molecule has 0 bridgehead atoms. The fourth-order valence-electron chi connectivity index (χ4n) is 1.76. The van der Waals surface area contributed by atoms with Crippen molar-refractivity contribution in [2.75, 3.05) is 12.4 Å². The monoisotopic (exact) mass is 287 g/mol. The Kier molecular flexibility index (Phi) is 5.61. The van der Waals surface area contributed by atoms with E-state index in [0.717, 1.165) is 0 Å². The second-order valence-electron chi connectivity index (χ2n) is 4.22. The van der Waals surface area contributed by atoms with Gasteiger partial charge in [0.1, 0.15) is 18.1 Å². The molecule has 0 aliphatic rings. The molecular formula is C14H16F3NO2. The molecule has 3 nitrogen and oxygen atoms in total. The molecular weight excluding hydrogens is 271 g/mol. The predicted molar refractivity (Wildman–Crippen MR) is 70.8 cm³/mol. The molecule has 0 heterocycles. The molecule has 0 spiro atoms. The van der Waals surface area contributed by atoms with Crippen molar-refractivity contribution in [3.05, 3.63) is 36.9 Å². The van der Waals surface area contributed by atoms with E-state index in [-0.39, 0.29) is 12.1 Å². The Bertz CT molecular complexity index is 443. The molecule has 0 aliphatic heterocycles. The van der Waals surface area contributed by atoms with E-state index in [0.29, 0.717) is 12.0 Å². The van der Waals surface area contributed by atoms with Gasteiger partial charge in [0, 0.05) is 11.6 Å². The zero-order valence-electron chi connectivity index (χ0n) is 11.0. The zero-order valence-corrected chi connectivity index (χ0v) is 11.0. The first kappa shape index (κ1) is 16.1. The van der Waals surface area contributed by atoms with Gasteiger partial charge in [-0.25, -0.2) is 0 Å². The number of benzene rings is 1. The summed E-state index contributed by atoms with van der Waals surface area (Å²) in [6.45, 7) is 3.37. The van der Waals surface area contributed by atoms with E-state index < -0.39 is 18.1 Å². The maximum absolute atomic E-state index is 13.0. The van der Waals surface area contributed by atoms with Gasteiger partial charge < -0.3 is 14.8 Å². The molecule has 1 N–H and O–H groups in total. The number of rotatable bonds is 7. The van der Waals surface area contributed by atoms with Crippen LogP contribution in [0.5, 0.6) is 5.75 Å². The number of aldehydes is 1. The molecule has 20 heavy (non-hydrogen) atoms. The lowest BCUT2D eigenvalue weighted by Crippen LogP contribution is -2.43. The van der Waals surface area contributed by atoms with Crippen LogP contribution < -0.4 is 10.1 Å². The number of carbonyl (C=O) groups is 1. The molecule has 0 unspecified atom stereocenters. The third-order valence-electron chi connectivity index (χ3n) is 2.81. The van der Waals surface area contributed by atoms with Gasteiger partial charge in [0.05, 0.1) is 7.11 Å². The van der Waals surface area contributed by atoms with Crippen molar-refractivity contribution >= 4 is 12.0 Å². The molecule has 0 fully saturated rings. The summed E-state index contributed by atoms with van der Waals surface area (Å²) in [4.78, 5) is 10.9. The number of nitrogens with one attached hydrogen (secondary N) is 1. The Balaban J connectivity index is 2.93. The molecule has 2 atom stereocenters. The maximum atomic E-state index is 13.0. The van der Waals surface area contributed by atoms with Crippen molar-refractivity contribution in [1.29, 1.82) is 0 Å². The van der Waals surface area contributed by atoms with Gasteiger partial charge >= 0.3 is 6.18 Å². The normalized spacial score (nSPS) is 14.2. The first-order valence-electron chi connectivity index (χ1n) is 5.96. The van der Waals surface area contributed by atoms with Crippen LogP contribution in [-0.4, -0.2) is 25.6 Å². The summed E-state index contributed by atoms with van der Waals surface area (Å²) in [5.41, 5.74) is 0.268. The molecule has 6 heteroatoms. The fraction of sp³-hybridized carbons (Fsp3) is 0.357. The fourth-order valence-corrected chi connectivity index (χ4v) is 1.76. The SMILES string of the molecule is C=CC[C@@H](C=O)[C@H](Nc1ccc(OC)cc1)C(F)(F)F. The van der Waals surface area contributed by atoms with E-state index in [1.54, 1.807) is 12.1 Å². The van der Waals surface area contributed by atoms with Gasteiger partial charge in [0.25, 0.3) is 0 Å². The van der Waals surface area contributed by atoms with Crippen LogP contribution in [0.25, 0.3) is 0 Å². The summed E-state index contributed by atoms with van der Waals surface area (Å²) in [5.74, 6) is -0.674. The van der Waals surface area contributed by atoms with Crippen LogP contribution in [0.1, 0.15) is 6.42 Å². The Morgan fingerprint density at radius 2 is 1.95 bits per heavy atom. The molecule has 1 aromatic rings. The third kappa shape index (κ3) is 4.29. The van der Waals surface area contributed by atoms with E-state index in [9.17, 15) is 18.0 Å². The maximum Gasteiger partial charge on any atom is 0.409 e. The number of hydrogen-bond acceptors (Lipinski definition) is 3. The van der Waals surface area contributed by atoms with Crippen molar-refractivity contribution in [1.82, 2.24) is 0 Å². The van der Waals surface area contributed by atoms with Crippen molar-refractivity contribution in [2.24, 2.45) is 5.92 Å². The van der Waals surface area contributed by atoms with Crippen molar-refractivity contribution in [3.63, 3.8) is 0 Å². The first-order chi connectivity index (χ1) is 9.42. The van der Waals surface area contributed by atoms with Crippen molar-refractivity contribution in [2.45, 2.75) is 18.6 Å². The number of carbonyl (C=O) groups excluding carboxylic acids is 1. The smallest absolute Gasteiger partial charge is 0.409 e. The summed E-state index contributed by atoms with van der Waals surface area (Å²) in [5, 5.41) is 2.35. The number of allylic oxidation sites excluding steroid dienone is 1. The highest BCUT2D eigenvalue weighted by molar-refractivity contribution is 5.58. The highest BCUT2D eigenvalue weighted by Gasteiger charge is 2.44. The van der Waals surface area contributed by atoms with Gasteiger partial charge in [0.15, 0.2) is 0 Å².